The van der Waals surface area contributed by atoms with Gasteiger partial charge in [0, 0.05) is 67.1 Å². The summed E-state index contributed by atoms with van der Waals surface area (Å²) >= 11 is 1.36. The Labute approximate surface area is 205 Å². The fourth-order valence-electron chi connectivity index (χ4n) is 4.99. The lowest BCUT2D eigenvalue weighted by molar-refractivity contribution is 0.0554. The van der Waals surface area contributed by atoms with Crippen molar-refractivity contribution in [2.75, 3.05) is 26.2 Å². The van der Waals surface area contributed by atoms with Crippen LogP contribution in [0.5, 0.6) is 0 Å². The zero-order valence-corrected chi connectivity index (χ0v) is 19.7. The zero-order chi connectivity index (χ0) is 23.9. The molecule has 0 saturated carbocycles. The van der Waals surface area contributed by atoms with Crippen LogP contribution in [0.15, 0.2) is 66.3 Å². The number of likely N-dealkylation sites (tertiary alicyclic amines) is 2. The van der Waals surface area contributed by atoms with Crippen LogP contribution in [0.2, 0.25) is 0 Å². The van der Waals surface area contributed by atoms with Crippen LogP contribution in [0.1, 0.15) is 26.6 Å². The van der Waals surface area contributed by atoms with E-state index in [9.17, 15) is 14.0 Å². The molecule has 2 aliphatic heterocycles. The van der Waals surface area contributed by atoms with Gasteiger partial charge in [0.25, 0.3) is 11.8 Å². The van der Waals surface area contributed by atoms with Gasteiger partial charge in [-0.3, -0.25) is 9.59 Å². The second kappa shape index (κ2) is 8.90. The lowest BCUT2D eigenvalue weighted by Gasteiger charge is -2.41. The van der Waals surface area contributed by atoms with Crippen molar-refractivity contribution in [3.63, 3.8) is 0 Å². The van der Waals surface area contributed by atoms with Gasteiger partial charge in [0.05, 0.1) is 11.1 Å². The van der Waals surface area contributed by atoms with Crippen molar-refractivity contribution in [2.24, 2.45) is 0 Å². The molecule has 0 radical (unpaired) electrons. The predicted octanol–water partition coefficient (Wildman–Crippen LogP) is 3.55. The summed E-state index contributed by atoms with van der Waals surface area (Å²) in [5, 5.41) is 6.80. The molecule has 9 heteroatoms. The maximum atomic E-state index is 13.8. The first-order chi connectivity index (χ1) is 17.1. The lowest BCUT2D eigenvalue weighted by atomic mass is 10.0. The topological polar surface area (TPSA) is 70.5 Å². The number of halogens is 1. The van der Waals surface area contributed by atoms with Crippen molar-refractivity contribution in [3.05, 3.63) is 82.7 Å². The van der Waals surface area contributed by atoms with E-state index in [2.05, 4.69) is 10.3 Å². The third-order valence-corrected chi connectivity index (χ3v) is 7.52. The van der Waals surface area contributed by atoms with Crippen LogP contribution >= 0.6 is 11.3 Å². The van der Waals surface area contributed by atoms with Gasteiger partial charge in [-0.15, -0.1) is 11.3 Å². The summed E-state index contributed by atoms with van der Waals surface area (Å²) in [6, 6.07) is 14.5. The van der Waals surface area contributed by atoms with E-state index in [-0.39, 0.29) is 29.7 Å². The van der Waals surface area contributed by atoms with Gasteiger partial charge in [0.1, 0.15) is 5.82 Å². The van der Waals surface area contributed by atoms with Crippen molar-refractivity contribution >= 4 is 34.1 Å². The van der Waals surface area contributed by atoms with Crippen LogP contribution < -0.4 is 5.32 Å². The number of aromatic nitrogens is 2. The number of amides is 2. The minimum Gasteiger partial charge on any atom is -0.335 e. The molecular formula is C26H24FN5O2S. The highest BCUT2D eigenvalue weighted by Gasteiger charge is 2.36. The van der Waals surface area contributed by atoms with E-state index >= 15 is 0 Å². The minimum atomic E-state index is -0.316. The first-order valence-corrected chi connectivity index (χ1v) is 12.5. The van der Waals surface area contributed by atoms with Gasteiger partial charge in [0.15, 0.2) is 5.01 Å². The molecule has 1 N–H and O–H groups in total. The lowest BCUT2D eigenvalue weighted by Crippen LogP contribution is -2.62. The van der Waals surface area contributed by atoms with E-state index < -0.39 is 0 Å². The molecule has 35 heavy (non-hydrogen) atoms. The smallest absolute Gasteiger partial charge is 0.282 e. The van der Waals surface area contributed by atoms with Crippen LogP contribution in [-0.2, 0) is 0 Å². The van der Waals surface area contributed by atoms with Gasteiger partial charge in [-0.2, -0.15) is 0 Å². The number of nitrogens with one attached hydrogen (secondary N) is 1. The predicted molar refractivity (Wildman–Crippen MR) is 132 cm³/mol. The molecule has 178 valence electrons. The van der Waals surface area contributed by atoms with E-state index in [4.69, 9.17) is 0 Å². The van der Waals surface area contributed by atoms with Gasteiger partial charge >= 0.3 is 0 Å². The molecule has 1 atom stereocenters. The summed E-state index contributed by atoms with van der Waals surface area (Å²) in [7, 11) is 0. The largest absolute Gasteiger partial charge is 0.335 e. The Kier molecular flexibility index (Phi) is 5.58. The Morgan fingerprint density at radius 1 is 1.00 bits per heavy atom. The molecule has 2 saturated heterocycles. The van der Waals surface area contributed by atoms with Gasteiger partial charge in [-0.1, -0.05) is 24.3 Å². The molecular weight excluding hydrogens is 465 g/mol. The number of nitrogens with zero attached hydrogens (tertiary/aromatic N) is 4. The molecule has 0 unspecified atom stereocenters. The fraction of sp³-hybridized carbons (Fsp3) is 0.269. The molecule has 7 nitrogen and oxygen atoms in total. The second-order valence-electron chi connectivity index (χ2n) is 9.06. The highest BCUT2D eigenvalue weighted by atomic mass is 32.1. The molecule has 0 bridgehead atoms. The molecule has 4 heterocycles. The molecule has 0 spiro atoms. The number of para-hydroxylation sites is 1. The number of carbonyl (C=O) groups is 2. The molecule has 2 amide bonds. The first-order valence-electron chi connectivity index (χ1n) is 11.7. The van der Waals surface area contributed by atoms with Crippen LogP contribution in [0.25, 0.3) is 16.6 Å². The number of hydrogen-bond acceptors (Lipinski definition) is 5. The summed E-state index contributed by atoms with van der Waals surface area (Å²) in [6.07, 6.45) is 4.35. The summed E-state index contributed by atoms with van der Waals surface area (Å²) in [5.41, 5.74) is 2.17. The highest BCUT2D eigenvalue weighted by molar-refractivity contribution is 7.11. The van der Waals surface area contributed by atoms with Crippen LogP contribution in [0.4, 0.5) is 4.39 Å². The quantitative estimate of drug-likeness (QED) is 0.466. The van der Waals surface area contributed by atoms with Gasteiger partial charge in [0.2, 0.25) is 0 Å². The number of rotatable bonds is 5. The summed E-state index contributed by atoms with van der Waals surface area (Å²) < 4.78 is 15.7. The van der Waals surface area contributed by atoms with Crippen molar-refractivity contribution in [2.45, 2.75) is 18.5 Å². The zero-order valence-electron chi connectivity index (χ0n) is 18.9. The monoisotopic (exact) mass is 489 g/mol. The van der Waals surface area contributed by atoms with Gasteiger partial charge in [-0.05, 0) is 30.7 Å². The van der Waals surface area contributed by atoms with E-state index in [1.807, 2.05) is 56.3 Å². The Morgan fingerprint density at radius 3 is 2.63 bits per heavy atom. The normalized spacial score (nSPS) is 18.3. The minimum absolute atomic E-state index is 0.00981. The van der Waals surface area contributed by atoms with E-state index in [0.29, 0.717) is 42.4 Å². The molecule has 2 aromatic carbocycles. The molecule has 6 rings (SSSR count). The van der Waals surface area contributed by atoms with Crippen molar-refractivity contribution in [3.8, 4) is 5.69 Å². The number of carbonyl (C=O) groups excluding carboxylic acids is 2. The van der Waals surface area contributed by atoms with Crippen molar-refractivity contribution < 1.29 is 14.0 Å². The van der Waals surface area contributed by atoms with Gasteiger partial charge in [-0.25, -0.2) is 9.37 Å². The van der Waals surface area contributed by atoms with Crippen molar-refractivity contribution in [1.82, 2.24) is 24.7 Å². The highest BCUT2D eigenvalue weighted by Crippen LogP contribution is 2.28. The molecule has 2 aromatic heterocycles. The standard InChI is InChI=1S/C26H24FN5O2S/c27-17-4-3-5-20(12-17)32-16-22(21-6-1-2-7-23(21)32)25(33)31-14-19(15-31)29-18-8-10-30(13-18)26(34)24-28-9-11-35-24/h1-7,9,11-12,16,18-19,29H,8,10,13-15H2/t18-/m0/s1. The van der Waals surface area contributed by atoms with Gasteiger partial charge < -0.3 is 19.7 Å². The average Bonchev–Trinajstić information content (AvgIpc) is 3.60. The van der Waals surface area contributed by atoms with Crippen LogP contribution in [0.3, 0.4) is 0 Å². The van der Waals surface area contributed by atoms with E-state index in [1.54, 1.807) is 12.3 Å². The number of fused-ring (bicyclic) bond motifs is 1. The molecule has 4 aromatic rings. The van der Waals surface area contributed by atoms with E-state index in [0.717, 1.165) is 17.3 Å². The third kappa shape index (κ3) is 4.11. The fourth-order valence-corrected chi connectivity index (χ4v) is 5.59. The summed E-state index contributed by atoms with van der Waals surface area (Å²) in [4.78, 5) is 33.7. The first kappa shape index (κ1) is 21.9. The Bertz CT molecular complexity index is 1400. The molecule has 2 fully saturated rings. The van der Waals surface area contributed by atoms with Crippen LogP contribution in [0, 0.1) is 5.82 Å². The van der Waals surface area contributed by atoms with E-state index in [1.165, 1.54) is 23.5 Å². The Balaban J connectivity index is 1.11. The number of thiazole rings is 1. The Hall–Kier alpha value is -3.56. The summed E-state index contributed by atoms with van der Waals surface area (Å²) in [6.45, 7) is 2.61. The second-order valence-corrected chi connectivity index (χ2v) is 9.95. The molecule has 0 aliphatic carbocycles. The van der Waals surface area contributed by atoms with Crippen molar-refractivity contribution in [1.29, 1.82) is 0 Å². The molecule has 2 aliphatic rings. The number of hydrogen-bond donors (Lipinski definition) is 1. The average molecular weight is 490 g/mol. The summed E-state index contributed by atoms with van der Waals surface area (Å²) in [5.74, 6) is -0.352. The maximum Gasteiger partial charge on any atom is 0.282 e. The van der Waals surface area contributed by atoms with Crippen LogP contribution in [-0.4, -0.2) is 69.4 Å². The number of benzene rings is 2. The Morgan fingerprint density at radius 2 is 1.83 bits per heavy atom. The third-order valence-electron chi connectivity index (χ3n) is 6.76. The maximum absolute atomic E-state index is 13.8. The SMILES string of the molecule is O=C(c1nccs1)N1CC[C@H](NC2CN(C(=O)c3cn(-c4cccc(F)c4)c4ccccc34)C2)C1.